The number of carbonyl (C=O) groups is 1. The number of ether oxygens (including phenoxy) is 1. The maximum absolute atomic E-state index is 12.7. The Bertz CT molecular complexity index is 1440. The van der Waals surface area contributed by atoms with E-state index in [9.17, 15) is 4.79 Å². The molecule has 0 bridgehead atoms. The molecule has 8 nitrogen and oxygen atoms in total. The molecular formula is C25H21B3N6O2. The smallest absolute Gasteiger partial charge is 0.237 e. The van der Waals surface area contributed by atoms with Gasteiger partial charge < -0.3 is 15.4 Å². The number of nitrogens with two attached hydrogens (primary N) is 1. The first-order valence-electron chi connectivity index (χ1n) is 11.5. The van der Waals surface area contributed by atoms with Gasteiger partial charge in [-0.05, 0) is 49.2 Å². The number of likely N-dealkylation sites (tertiary alicyclic amines) is 1. The van der Waals surface area contributed by atoms with Crippen LogP contribution >= 0.6 is 0 Å². The molecule has 11 heteroatoms. The van der Waals surface area contributed by atoms with Crippen molar-refractivity contribution < 1.29 is 9.53 Å². The third kappa shape index (κ3) is 4.61. The van der Waals surface area contributed by atoms with E-state index >= 15 is 0 Å². The minimum absolute atomic E-state index is 0.138. The summed E-state index contributed by atoms with van der Waals surface area (Å²) in [5.74, 6) is 1.39. The lowest BCUT2D eigenvalue weighted by Gasteiger charge is -2.33. The molecule has 1 aliphatic rings. The third-order valence-electron chi connectivity index (χ3n) is 6.20. The Morgan fingerprint density at radius 3 is 2.44 bits per heavy atom. The number of benzene rings is 2. The maximum atomic E-state index is 12.7. The zero-order valence-electron chi connectivity index (χ0n) is 19.5. The maximum Gasteiger partial charge on any atom is 0.237 e. The van der Waals surface area contributed by atoms with Gasteiger partial charge in [-0.2, -0.15) is 10.5 Å². The van der Waals surface area contributed by atoms with Gasteiger partial charge in [-0.25, -0.2) is 14.6 Å². The minimum atomic E-state index is -0.389. The molecule has 4 aromatic rings. The molecular weight excluding hydrogens is 449 g/mol. The predicted molar refractivity (Wildman–Crippen MR) is 141 cm³/mol. The van der Waals surface area contributed by atoms with Gasteiger partial charge in [0, 0.05) is 18.7 Å². The van der Waals surface area contributed by atoms with E-state index in [1.54, 1.807) is 4.90 Å². The highest BCUT2D eigenvalue weighted by Crippen LogP contribution is 2.35. The molecule has 36 heavy (non-hydrogen) atoms. The molecule has 2 aromatic carbocycles. The number of rotatable bonds is 5. The molecule has 172 valence electrons. The van der Waals surface area contributed by atoms with Gasteiger partial charge in [0.1, 0.15) is 37.2 Å². The third-order valence-corrected chi connectivity index (χ3v) is 6.20. The highest BCUT2D eigenvalue weighted by molar-refractivity contribution is 6.55. The van der Waals surface area contributed by atoms with Gasteiger partial charge in [0.15, 0.2) is 5.65 Å². The van der Waals surface area contributed by atoms with Crippen LogP contribution in [0.15, 0.2) is 71.8 Å². The molecule has 1 fully saturated rings. The van der Waals surface area contributed by atoms with Crippen LogP contribution in [0.4, 0.5) is 5.82 Å². The summed E-state index contributed by atoms with van der Waals surface area (Å²) in [7, 11) is 16.9. The quantitative estimate of drug-likeness (QED) is 0.356. The monoisotopic (exact) mass is 470 g/mol. The Morgan fingerprint density at radius 1 is 1.00 bits per heavy atom. The second kappa shape index (κ2) is 9.93. The summed E-state index contributed by atoms with van der Waals surface area (Å²) in [6.45, 7) is 0.937. The Balaban J connectivity index is 1.48. The lowest BCUT2D eigenvalue weighted by molar-refractivity contribution is -0.128. The Kier molecular flexibility index (Phi) is 6.54. The average Bonchev–Trinajstić information content (AvgIpc) is 3.30. The van der Waals surface area contributed by atoms with Crippen molar-refractivity contribution in [1.29, 1.82) is 0 Å². The van der Waals surface area contributed by atoms with E-state index in [1.807, 2.05) is 59.3 Å². The number of carbonyl (C=O) groups excluding carboxylic acids is 1. The van der Waals surface area contributed by atoms with Crippen LogP contribution in [0.5, 0.6) is 11.5 Å². The summed E-state index contributed by atoms with van der Waals surface area (Å²) in [5, 5.41) is 5.36. The van der Waals surface area contributed by atoms with Crippen molar-refractivity contribution in [3.63, 3.8) is 0 Å². The highest BCUT2D eigenvalue weighted by atomic mass is 16.5. The van der Waals surface area contributed by atoms with E-state index < -0.39 is 0 Å². The van der Waals surface area contributed by atoms with Gasteiger partial charge in [0.05, 0.1) is 27.1 Å². The first kappa shape index (κ1) is 23.7. The van der Waals surface area contributed by atoms with Crippen molar-refractivity contribution in [3.8, 4) is 22.8 Å². The van der Waals surface area contributed by atoms with Crippen molar-refractivity contribution in [2.75, 3.05) is 18.8 Å². The van der Waals surface area contributed by atoms with Crippen molar-refractivity contribution >= 4 is 46.3 Å². The Labute approximate surface area is 212 Å². The summed E-state index contributed by atoms with van der Waals surface area (Å²) in [6.07, 6.45) is 2.98. The summed E-state index contributed by atoms with van der Waals surface area (Å²) < 4.78 is 7.73. The second-order valence-electron chi connectivity index (χ2n) is 8.61. The first-order valence-corrected chi connectivity index (χ1v) is 11.5. The van der Waals surface area contributed by atoms with E-state index in [0.29, 0.717) is 41.4 Å². The number of nitrogens with zero attached hydrogens (tertiary/aromatic N) is 5. The number of fused-ring (bicyclic) bond motifs is 1. The largest absolute Gasteiger partial charge is 0.457 e. The van der Waals surface area contributed by atoms with E-state index in [2.05, 4.69) is 9.97 Å². The lowest BCUT2D eigenvalue weighted by Crippen LogP contribution is -2.42. The number of amides is 1. The molecule has 3 heterocycles. The fraction of sp³-hybridized carbons (Fsp3) is 0.200. The van der Waals surface area contributed by atoms with Crippen LogP contribution < -0.4 is 10.5 Å². The van der Waals surface area contributed by atoms with Crippen molar-refractivity contribution in [2.45, 2.75) is 18.9 Å². The SMILES string of the molecule is [B]C([B])=C([B])C(=O)N1CCC[C@@H](n2nc(-c3ccc(Oc4ccccc4)cc3)c3c(N)ncnc32)C1. The van der Waals surface area contributed by atoms with Crippen LogP contribution in [0.3, 0.4) is 0 Å². The normalized spacial score (nSPS) is 15.6. The Morgan fingerprint density at radius 2 is 1.72 bits per heavy atom. The van der Waals surface area contributed by atoms with Crippen LogP contribution in [-0.2, 0) is 4.79 Å². The van der Waals surface area contributed by atoms with Crippen LogP contribution in [0, 0.1) is 0 Å². The fourth-order valence-corrected chi connectivity index (χ4v) is 4.39. The predicted octanol–water partition coefficient (Wildman–Crippen LogP) is 2.71. The molecule has 1 aliphatic heterocycles. The molecule has 0 aliphatic carbocycles. The molecule has 1 atom stereocenters. The van der Waals surface area contributed by atoms with Crippen molar-refractivity contribution in [2.24, 2.45) is 0 Å². The van der Waals surface area contributed by atoms with Crippen molar-refractivity contribution in [1.82, 2.24) is 24.6 Å². The summed E-state index contributed by atoms with van der Waals surface area (Å²) in [6, 6.07) is 17.0. The number of anilines is 1. The minimum Gasteiger partial charge on any atom is -0.457 e. The van der Waals surface area contributed by atoms with E-state index in [1.165, 1.54) is 6.33 Å². The molecule has 6 radical (unpaired) electrons. The van der Waals surface area contributed by atoms with E-state index in [4.69, 9.17) is 39.1 Å². The molecule has 5 rings (SSSR count). The number of hydrogen-bond acceptors (Lipinski definition) is 6. The summed E-state index contributed by atoms with van der Waals surface area (Å²) in [5.41, 5.74) is 8.22. The molecule has 0 saturated carbocycles. The number of nitrogen functional groups attached to an aromatic ring is 1. The van der Waals surface area contributed by atoms with Crippen molar-refractivity contribution in [3.05, 3.63) is 71.8 Å². The summed E-state index contributed by atoms with van der Waals surface area (Å²) >= 11 is 0. The van der Waals surface area contributed by atoms with Crippen LogP contribution in [0.1, 0.15) is 18.9 Å². The lowest BCUT2D eigenvalue weighted by atomic mass is 9.69. The van der Waals surface area contributed by atoms with Crippen LogP contribution in [-0.4, -0.2) is 67.2 Å². The van der Waals surface area contributed by atoms with Gasteiger partial charge in [0.2, 0.25) is 5.91 Å². The fourth-order valence-electron chi connectivity index (χ4n) is 4.39. The number of hydrogen-bond donors (Lipinski definition) is 1. The molecule has 1 saturated heterocycles. The molecule has 0 unspecified atom stereocenters. The van der Waals surface area contributed by atoms with Crippen LogP contribution in [0.25, 0.3) is 22.3 Å². The van der Waals surface area contributed by atoms with Gasteiger partial charge in [0.25, 0.3) is 0 Å². The van der Waals surface area contributed by atoms with Crippen LogP contribution in [0.2, 0.25) is 0 Å². The van der Waals surface area contributed by atoms with Gasteiger partial charge in [-0.3, -0.25) is 4.79 Å². The van der Waals surface area contributed by atoms with E-state index in [-0.39, 0.29) is 22.8 Å². The Hall–Kier alpha value is -4.01. The zero-order valence-corrected chi connectivity index (χ0v) is 19.5. The highest BCUT2D eigenvalue weighted by Gasteiger charge is 2.29. The average molecular weight is 470 g/mol. The standard InChI is InChI=1S/C25H21B3N6O2/c26-20(22(27)28)25(35)33-12-4-5-16(13-33)34-24-19(23(29)30-14-31-24)21(32-34)15-8-10-18(11-9-15)36-17-6-2-1-3-7-17/h1-3,6-11,14,16H,4-5,12-13H2,(H2,29,30,31)/t16-/m1/s1. The number of para-hydroxylation sites is 1. The number of aromatic nitrogens is 4. The first-order chi connectivity index (χ1) is 17.4. The van der Waals surface area contributed by atoms with Gasteiger partial charge >= 0.3 is 0 Å². The topological polar surface area (TPSA) is 99.2 Å². The zero-order chi connectivity index (χ0) is 25.2. The molecule has 2 aromatic heterocycles. The number of piperidine rings is 1. The molecule has 2 N–H and O–H groups in total. The molecule has 1 amide bonds. The molecule has 0 spiro atoms. The van der Waals surface area contributed by atoms with Gasteiger partial charge in [-0.15, -0.1) is 0 Å². The second-order valence-corrected chi connectivity index (χ2v) is 8.61. The van der Waals surface area contributed by atoms with E-state index in [0.717, 1.165) is 24.2 Å². The van der Waals surface area contributed by atoms with Gasteiger partial charge in [-0.1, -0.05) is 23.7 Å². The summed E-state index contributed by atoms with van der Waals surface area (Å²) in [4.78, 5) is 23.0.